The lowest BCUT2D eigenvalue weighted by Crippen LogP contribution is -1.98. The van der Waals surface area contributed by atoms with Crippen LogP contribution in [0.1, 0.15) is 22.8 Å². The van der Waals surface area contributed by atoms with Gasteiger partial charge in [-0.1, -0.05) is 46.9 Å². The Balaban J connectivity index is 2.15. The van der Waals surface area contributed by atoms with E-state index in [0.29, 0.717) is 26.4 Å². The van der Waals surface area contributed by atoms with Gasteiger partial charge in [0.15, 0.2) is 5.78 Å². The lowest BCUT2D eigenvalue weighted by molar-refractivity contribution is 0.101. The van der Waals surface area contributed by atoms with Gasteiger partial charge in [-0.25, -0.2) is 0 Å². The SMILES string of the molecule is CC(=O)c1ccc(OCc2cccc(Cl)c2Cl)c(Cl)c1. The molecule has 0 aliphatic rings. The molecule has 0 heterocycles. The first-order valence-electron chi connectivity index (χ1n) is 5.85. The van der Waals surface area contributed by atoms with E-state index in [9.17, 15) is 4.79 Å². The monoisotopic (exact) mass is 328 g/mol. The van der Waals surface area contributed by atoms with Gasteiger partial charge in [-0.15, -0.1) is 0 Å². The number of hydrogen-bond donors (Lipinski definition) is 0. The Morgan fingerprint density at radius 2 is 1.85 bits per heavy atom. The minimum atomic E-state index is -0.0451. The quantitative estimate of drug-likeness (QED) is 0.699. The number of Topliss-reactive ketones (excluding diaryl/α,β-unsaturated/α-hetero) is 1. The average Bonchev–Trinajstić information content (AvgIpc) is 2.41. The second kappa shape index (κ2) is 6.49. The van der Waals surface area contributed by atoms with Gasteiger partial charge in [0, 0.05) is 11.1 Å². The Morgan fingerprint density at radius 3 is 2.50 bits per heavy atom. The molecule has 0 fully saturated rings. The standard InChI is InChI=1S/C15H11Cl3O2/c1-9(19)10-5-6-14(13(17)7-10)20-8-11-3-2-4-12(16)15(11)18/h2-7H,8H2,1H3. The molecular formula is C15H11Cl3O2. The summed E-state index contributed by atoms with van der Waals surface area (Å²) in [4.78, 5) is 11.2. The van der Waals surface area contributed by atoms with Gasteiger partial charge < -0.3 is 4.74 Å². The summed E-state index contributed by atoms with van der Waals surface area (Å²) in [5.74, 6) is 0.448. The molecule has 0 aromatic heterocycles. The van der Waals surface area contributed by atoms with E-state index in [1.165, 1.54) is 6.92 Å². The van der Waals surface area contributed by atoms with Crippen molar-refractivity contribution in [2.75, 3.05) is 0 Å². The minimum Gasteiger partial charge on any atom is -0.487 e. The number of benzene rings is 2. The molecular weight excluding hydrogens is 319 g/mol. The Labute approximate surface area is 132 Å². The van der Waals surface area contributed by atoms with Gasteiger partial charge in [0.25, 0.3) is 0 Å². The second-order valence-electron chi connectivity index (χ2n) is 4.20. The zero-order valence-electron chi connectivity index (χ0n) is 10.6. The molecule has 2 aromatic carbocycles. The van der Waals surface area contributed by atoms with Crippen molar-refractivity contribution in [1.29, 1.82) is 0 Å². The first-order valence-corrected chi connectivity index (χ1v) is 6.98. The van der Waals surface area contributed by atoms with Gasteiger partial charge in [0.05, 0.1) is 15.1 Å². The second-order valence-corrected chi connectivity index (χ2v) is 5.40. The van der Waals surface area contributed by atoms with E-state index in [1.807, 2.05) is 6.07 Å². The normalized spacial score (nSPS) is 10.4. The highest BCUT2D eigenvalue weighted by molar-refractivity contribution is 6.42. The number of hydrogen-bond acceptors (Lipinski definition) is 2. The molecule has 0 amide bonds. The highest BCUT2D eigenvalue weighted by atomic mass is 35.5. The predicted molar refractivity (Wildman–Crippen MR) is 82.3 cm³/mol. The maximum absolute atomic E-state index is 11.2. The lowest BCUT2D eigenvalue weighted by Gasteiger charge is -2.10. The Bertz CT molecular complexity index is 654. The summed E-state index contributed by atoms with van der Waals surface area (Å²) >= 11 is 18.1. The Hall–Kier alpha value is -1.22. The van der Waals surface area contributed by atoms with Crippen molar-refractivity contribution < 1.29 is 9.53 Å². The summed E-state index contributed by atoms with van der Waals surface area (Å²) < 4.78 is 5.61. The highest BCUT2D eigenvalue weighted by Crippen LogP contribution is 2.29. The zero-order valence-corrected chi connectivity index (χ0v) is 12.9. The molecule has 104 valence electrons. The third kappa shape index (κ3) is 3.45. The molecule has 0 N–H and O–H groups in total. The molecule has 0 bridgehead atoms. The fourth-order valence-electron chi connectivity index (χ4n) is 1.65. The molecule has 0 radical (unpaired) electrons. The fourth-order valence-corrected chi connectivity index (χ4v) is 2.26. The summed E-state index contributed by atoms with van der Waals surface area (Å²) in [6.07, 6.45) is 0. The zero-order chi connectivity index (χ0) is 14.7. The van der Waals surface area contributed by atoms with Crippen LogP contribution in [-0.2, 0) is 6.61 Å². The minimum absolute atomic E-state index is 0.0451. The van der Waals surface area contributed by atoms with Crippen LogP contribution in [0.25, 0.3) is 0 Å². The van der Waals surface area contributed by atoms with E-state index in [-0.39, 0.29) is 12.4 Å². The first-order chi connectivity index (χ1) is 9.49. The van der Waals surface area contributed by atoms with Crippen LogP contribution in [0.15, 0.2) is 36.4 Å². The summed E-state index contributed by atoms with van der Waals surface area (Å²) in [7, 11) is 0. The maximum Gasteiger partial charge on any atom is 0.159 e. The van der Waals surface area contributed by atoms with Crippen LogP contribution in [0, 0.1) is 0 Å². The molecule has 2 aromatic rings. The molecule has 2 nitrogen and oxygen atoms in total. The molecule has 0 saturated carbocycles. The molecule has 0 atom stereocenters. The molecule has 2 rings (SSSR count). The number of halogens is 3. The van der Waals surface area contributed by atoms with Gasteiger partial charge in [0.1, 0.15) is 12.4 Å². The van der Waals surface area contributed by atoms with Crippen molar-refractivity contribution in [3.8, 4) is 5.75 Å². The van der Waals surface area contributed by atoms with Crippen LogP contribution < -0.4 is 4.74 Å². The van der Waals surface area contributed by atoms with Crippen molar-refractivity contribution in [3.63, 3.8) is 0 Å². The molecule has 20 heavy (non-hydrogen) atoms. The molecule has 0 aliphatic heterocycles. The van der Waals surface area contributed by atoms with Crippen molar-refractivity contribution >= 4 is 40.6 Å². The number of ether oxygens (including phenoxy) is 1. The molecule has 0 aliphatic carbocycles. The van der Waals surface area contributed by atoms with E-state index in [2.05, 4.69) is 0 Å². The summed E-state index contributed by atoms with van der Waals surface area (Å²) in [5.41, 5.74) is 1.31. The molecule has 0 unspecified atom stereocenters. The van der Waals surface area contributed by atoms with E-state index in [4.69, 9.17) is 39.5 Å². The molecule has 0 spiro atoms. The summed E-state index contributed by atoms with van der Waals surface area (Å²) in [6.45, 7) is 1.73. The largest absolute Gasteiger partial charge is 0.487 e. The first kappa shape index (κ1) is 15.2. The third-order valence-electron chi connectivity index (χ3n) is 2.75. The Kier molecular flexibility index (Phi) is 4.92. The van der Waals surface area contributed by atoms with Crippen LogP contribution in [0.4, 0.5) is 0 Å². The molecule has 5 heteroatoms. The van der Waals surface area contributed by atoms with Crippen LogP contribution in [-0.4, -0.2) is 5.78 Å². The van der Waals surface area contributed by atoms with Crippen molar-refractivity contribution in [2.24, 2.45) is 0 Å². The highest BCUT2D eigenvalue weighted by Gasteiger charge is 2.08. The van der Waals surface area contributed by atoms with Gasteiger partial charge in [-0.2, -0.15) is 0 Å². The van der Waals surface area contributed by atoms with Crippen LogP contribution in [0.5, 0.6) is 5.75 Å². The number of rotatable bonds is 4. The predicted octanol–water partition coefficient (Wildman–Crippen LogP) is 5.43. The van der Waals surface area contributed by atoms with Gasteiger partial charge in [0.2, 0.25) is 0 Å². The topological polar surface area (TPSA) is 26.3 Å². The average molecular weight is 330 g/mol. The van der Waals surface area contributed by atoms with Crippen molar-refractivity contribution in [2.45, 2.75) is 13.5 Å². The number of carbonyl (C=O) groups excluding carboxylic acids is 1. The van der Waals surface area contributed by atoms with Gasteiger partial charge in [-0.05, 0) is 31.2 Å². The van der Waals surface area contributed by atoms with E-state index >= 15 is 0 Å². The molecule has 0 saturated heterocycles. The third-order valence-corrected chi connectivity index (χ3v) is 3.91. The van der Waals surface area contributed by atoms with Crippen LogP contribution >= 0.6 is 34.8 Å². The summed E-state index contributed by atoms with van der Waals surface area (Å²) in [6, 6.07) is 10.3. The van der Waals surface area contributed by atoms with Crippen LogP contribution in [0.2, 0.25) is 15.1 Å². The summed E-state index contributed by atoms with van der Waals surface area (Å²) in [5, 5.41) is 1.33. The van der Waals surface area contributed by atoms with Crippen molar-refractivity contribution in [1.82, 2.24) is 0 Å². The number of carbonyl (C=O) groups is 1. The maximum atomic E-state index is 11.2. The lowest BCUT2D eigenvalue weighted by atomic mass is 10.1. The van der Waals surface area contributed by atoms with E-state index in [1.54, 1.807) is 30.3 Å². The fraction of sp³-hybridized carbons (Fsp3) is 0.133. The van der Waals surface area contributed by atoms with Crippen molar-refractivity contribution in [3.05, 3.63) is 62.6 Å². The number of ketones is 1. The van der Waals surface area contributed by atoms with Gasteiger partial charge in [-0.3, -0.25) is 4.79 Å². The van der Waals surface area contributed by atoms with Gasteiger partial charge >= 0.3 is 0 Å². The smallest absolute Gasteiger partial charge is 0.159 e. The van der Waals surface area contributed by atoms with Crippen LogP contribution in [0.3, 0.4) is 0 Å². The van der Waals surface area contributed by atoms with E-state index < -0.39 is 0 Å². The Morgan fingerprint density at radius 1 is 1.10 bits per heavy atom. The van der Waals surface area contributed by atoms with E-state index in [0.717, 1.165) is 5.56 Å².